The monoisotopic (exact) mass is 395 g/mol. The number of nitrogens with two attached hydrogens (primary N) is 1. The molecule has 0 saturated heterocycles. The van der Waals surface area contributed by atoms with Crippen LogP contribution in [0.3, 0.4) is 0 Å². The topological polar surface area (TPSA) is 85.8 Å². The maximum Gasteiger partial charge on any atom is 0.237 e. The average molecular weight is 396 g/mol. The van der Waals surface area contributed by atoms with Gasteiger partial charge in [-0.2, -0.15) is 0 Å². The van der Waals surface area contributed by atoms with Crippen molar-refractivity contribution in [2.45, 2.75) is 43.5 Å². The molecular formula is C21H25N5OS. The lowest BCUT2D eigenvalue weighted by atomic mass is 9.97. The largest absolute Gasteiger partial charge is 0.335 e. The van der Waals surface area contributed by atoms with Crippen molar-refractivity contribution in [1.82, 2.24) is 14.9 Å². The molecular weight excluding hydrogens is 370 g/mol. The van der Waals surface area contributed by atoms with E-state index >= 15 is 0 Å². The fourth-order valence-electron chi connectivity index (χ4n) is 2.85. The first-order valence-corrected chi connectivity index (χ1v) is 10.2. The van der Waals surface area contributed by atoms with Gasteiger partial charge >= 0.3 is 0 Å². The highest BCUT2D eigenvalue weighted by Gasteiger charge is 2.21. The lowest BCUT2D eigenvalue weighted by Crippen LogP contribution is -2.24. The lowest BCUT2D eigenvalue weighted by molar-refractivity contribution is -0.115. The van der Waals surface area contributed by atoms with Crippen LogP contribution >= 0.6 is 11.8 Å². The maximum atomic E-state index is 12.7. The molecule has 1 heterocycles. The Hall–Kier alpha value is -2.80. The Morgan fingerprint density at radius 1 is 1.11 bits per heavy atom. The van der Waals surface area contributed by atoms with E-state index in [0.717, 1.165) is 23.2 Å². The minimum atomic E-state index is -0.375. The van der Waals surface area contributed by atoms with Gasteiger partial charge in [0.05, 0.1) is 5.25 Å². The van der Waals surface area contributed by atoms with Gasteiger partial charge in [0.15, 0.2) is 5.82 Å². The highest BCUT2D eigenvalue weighted by Crippen LogP contribution is 2.29. The van der Waals surface area contributed by atoms with Crippen LogP contribution in [-0.4, -0.2) is 26.0 Å². The third kappa shape index (κ3) is 4.36. The Labute approximate surface area is 169 Å². The number of benzene rings is 2. The number of nitrogens with zero attached hydrogens (tertiary/aromatic N) is 3. The van der Waals surface area contributed by atoms with Crippen LogP contribution in [0, 0.1) is 0 Å². The summed E-state index contributed by atoms with van der Waals surface area (Å²) in [5.74, 6) is 7.01. The van der Waals surface area contributed by atoms with E-state index in [1.807, 2.05) is 55.5 Å². The number of nitrogen functional groups attached to an aromatic ring is 1. The zero-order chi connectivity index (χ0) is 20.1. The first-order valence-electron chi connectivity index (χ1n) is 9.33. The normalized spacial score (nSPS) is 13.1. The van der Waals surface area contributed by atoms with Gasteiger partial charge in [-0.3, -0.25) is 4.79 Å². The SMILES string of the molecule is CCC(C)c1ccccc1NC(=O)C(C)Sc1nnc(-c2ccccc2)n1N. The quantitative estimate of drug-likeness (QED) is 0.460. The van der Waals surface area contributed by atoms with Crippen molar-refractivity contribution in [1.29, 1.82) is 0 Å². The van der Waals surface area contributed by atoms with Gasteiger partial charge in [-0.15, -0.1) is 10.2 Å². The Kier molecular flexibility index (Phi) is 6.36. The van der Waals surface area contributed by atoms with Crippen LogP contribution in [0.1, 0.15) is 38.7 Å². The summed E-state index contributed by atoms with van der Waals surface area (Å²) in [4.78, 5) is 12.7. The number of carbonyl (C=O) groups is 1. The molecule has 0 fully saturated rings. The number of hydrogen-bond acceptors (Lipinski definition) is 5. The number of para-hydroxylation sites is 1. The number of rotatable bonds is 7. The van der Waals surface area contributed by atoms with Crippen molar-refractivity contribution in [3.05, 3.63) is 60.2 Å². The minimum Gasteiger partial charge on any atom is -0.335 e. The first-order chi connectivity index (χ1) is 13.5. The van der Waals surface area contributed by atoms with E-state index in [2.05, 4.69) is 35.4 Å². The molecule has 2 atom stereocenters. The second-order valence-corrected chi connectivity index (χ2v) is 8.00. The van der Waals surface area contributed by atoms with Crippen LogP contribution in [-0.2, 0) is 4.79 Å². The highest BCUT2D eigenvalue weighted by molar-refractivity contribution is 8.00. The zero-order valence-corrected chi connectivity index (χ0v) is 17.1. The molecule has 0 aliphatic heterocycles. The Morgan fingerprint density at radius 3 is 2.50 bits per heavy atom. The van der Waals surface area contributed by atoms with Gasteiger partial charge in [-0.05, 0) is 30.9 Å². The summed E-state index contributed by atoms with van der Waals surface area (Å²) in [6.45, 7) is 6.13. The van der Waals surface area contributed by atoms with Crippen LogP contribution in [0.25, 0.3) is 11.4 Å². The van der Waals surface area contributed by atoms with E-state index < -0.39 is 0 Å². The third-order valence-electron chi connectivity index (χ3n) is 4.71. The Balaban J connectivity index is 1.72. The van der Waals surface area contributed by atoms with E-state index in [1.165, 1.54) is 16.4 Å². The molecule has 0 aliphatic carbocycles. The van der Waals surface area contributed by atoms with Gasteiger partial charge in [0.25, 0.3) is 0 Å². The van der Waals surface area contributed by atoms with Crippen LogP contribution < -0.4 is 11.2 Å². The van der Waals surface area contributed by atoms with Gasteiger partial charge in [0.2, 0.25) is 11.1 Å². The molecule has 2 unspecified atom stereocenters. The molecule has 0 saturated carbocycles. The van der Waals surface area contributed by atoms with Crippen molar-refractivity contribution >= 4 is 23.4 Å². The van der Waals surface area contributed by atoms with Gasteiger partial charge < -0.3 is 11.2 Å². The maximum absolute atomic E-state index is 12.7. The number of amides is 1. The fourth-order valence-corrected chi connectivity index (χ4v) is 3.62. The summed E-state index contributed by atoms with van der Waals surface area (Å²) < 4.78 is 1.43. The molecule has 0 radical (unpaired) electrons. The molecule has 3 aromatic rings. The second kappa shape index (κ2) is 8.93. The summed E-state index contributed by atoms with van der Waals surface area (Å²) in [6.07, 6.45) is 1.01. The summed E-state index contributed by atoms with van der Waals surface area (Å²) in [5.41, 5.74) is 2.88. The summed E-state index contributed by atoms with van der Waals surface area (Å²) in [5, 5.41) is 11.5. The number of thioether (sulfide) groups is 1. The highest BCUT2D eigenvalue weighted by atomic mass is 32.2. The lowest BCUT2D eigenvalue weighted by Gasteiger charge is -2.17. The molecule has 146 valence electrons. The van der Waals surface area contributed by atoms with Gasteiger partial charge in [0, 0.05) is 11.3 Å². The van der Waals surface area contributed by atoms with Crippen molar-refractivity contribution in [2.24, 2.45) is 0 Å². The molecule has 2 aromatic carbocycles. The van der Waals surface area contributed by atoms with Crippen molar-refractivity contribution in [3.8, 4) is 11.4 Å². The third-order valence-corrected chi connectivity index (χ3v) is 5.77. The predicted molar refractivity (Wildman–Crippen MR) is 115 cm³/mol. The average Bonchev–Trinajstić information content (AvgIpc) is 3.08. The number of aromatic nitrogens is 3. The number of carbonyl (C=O) groups excluding carboxylic acids is 1. The van der Waals surface area contributed by atoms with Crippen LogP contribution in [0.2, 0.25) is 0 Å². The summed E-state index contributed by atoms with van der Waals surface area (Å²) in [7, 11) is 0. The molecule has 0 aliphatic rings. The fraction of sp³-hybridized carbons (Fsp3) is 0.286. The molecule has 28 heavy (non-hydrogen) atoms. The van der Waals surface area contributed by atoms with Crippen molar-refractivity contribution in [2.75, 3.05) is 11.2 Å². The smallest absolute Gasteiger partial charge is 0.237 e. The Bertz CT molecular complexity index is 941. The number of hydrogen-bond donors (Lipinski definition) is 2. The second-order valence-electron chi connectivity index (χ2n) is 6.69. The predicted octanol–water partition coefficient (Wildman–Crippen LogP) is 4.29. The van der Waals surface area contributed by atoms with Crippen LogP contribution in [0.15, 0.2) is 59.8 Å². The van der Waals surface area contributed by atoms with Gasteiger partial charge in [-0.1, -0.05) is 74.1 Å². The van der Waals surface area contributed by atoms with E-state index in [4.69, 9.17) is 5.84 Å². The summed E-state index contributed by atoms with van der Waals surface area (Å²) >= 11 is 1.29. The van der Waals surface area contributed by atoms with Gasteiger partial charge in [0.1, 0.15) is 0 Å². The molecule has 3 rings (SSSR count). The van der Waals surface area contributed by atoms with Crippen molar-refractivity contribution < 1.29 is 4.79 Å². The van der Waals surface area contributed by atoms with Crippen LogP contribution in [0.4, 0.5) is 5.69 Å². The molecule has 0 spiro atoms. The molecule has 0 bridgehead atoms. The zero-order valence-electron chi connectivity index (χ0n) is 16.3. The van der Waals surface area contributed by atoms with E-state index in [1.54, 1.807) is 0 Å². The summed E-state index contributed by atoms with van der Waals surface area (Å²) in [6, 6.07) is 17.5. The molecule has 7 heteroatoms. The standard InChI is InChI=1S/C21H25N5OS/c1-4-14(2)17-12-8-9-13-18(17)23-20(27)15(3)28-21-25-24-19(26(21)22)16-10-6-5-7-11-16/h5-15H,4,22H2,1-3H3,(H,23,27). The number of nitrogens with one attached hydrogen (secondary N) is 1. The van der Waals surface area contributed by atoms with Crippen LogP contribution in [0.5, 0.6) is 0 Å². The first kappa shape index (κ1) is 19.9. The number of anilines is 1. The molecule has 3 N–H and O–H groups in total. The molecule has 1 aromatic heterocycles. The van der Waals surface area contributed by atoms with E-state index in [9.17, 15) is 4.79 Å². The van der Waals surface area contributed by atoms with Crippen molar-refractivity contribution in [3.63, 3.8) is 0 Å². The minimum absolute atomic E-state index is 0.0926. The molecule has 1 amide bonds. The van der Waals surface area contributed by atoms with Gasteiger partial charge in [-0.25, -0.2) is 4.68 Å². The van der Waals surface area contributed by atoms with E-state index in [-0.39, 0.29) is 11.2 Å². The Morgan fingerprint density at radius 2 is 1.79 bits per heavy atom. The van der Waals surface area contributed by atoms with E-state index in [0.29, 0.717) is 16.9 Å². The molecule has 6 nitrogen and oxygen atoms in total.